The zero-order valence-corrected chi connectivity index (χ0v) is 19.5. The number of hydrogen-bond acceptors (Lipinski definition) is 8. The van der Waals surface area contributed by atoms with Gasteiger partial charge in [-0.25, -0.2) is 9.97 Å². The molecule has 0 fully saturated rings. The lowest BCUT2D eigenvalue weighted by atomic mass is 9.91. The lowest BCUT2D eigenvalue weighted by Gasteiger charge is -2.18. The molecule has 3 aromatic carbocycles. The first kappa shape index (κ1) is 24.8. The molecule has 0 bridgehead atoms. The summed E-state index contributed by atoms with van der Waals surface area (Å²) in [5.74, 6) is -2.05. The van der Waals surface area contributed by atoms with Gasteiger partial charge in [0.15, 0.2) is 0 Å². The van der Waals surface area contributed by atoms with Crippen molar-refractivity contribution in [3.8, 4) is 0 Å². The molecule has 186 valence electrons. The molecule has 1 heterocycles. The number of hydrogen-bond donors (Lipinski definition) is 4. The minimum atomic E-state index is -0.716. The molecule has 37 heavy (non-hydrogen) atoms. The van der Waals surface area contributed by atoms with Crippen molar-refractivity contribution < 1.29 is 14.5 Å². The van der Waals surface area contributed by atoms with Crippen LogP contribution in [0.15, 0.2) is 97.3 Å². The van der Waals surface area contributed by atoms with Crippen LogP contribution in [0.3, 0.4) is 0 Å². The second-order valence-electron chi connectivity index (χ2n) is 7.88. The van der Waals surface area contributed by atoms with Gasteiger partial charge < -0.3 is 0 Å². The first-order valence-corrected chi connectivity index (χ1v) is 11.3. The highest BCUT2D eigenvalue weighted by atomic mass is 16.6. The van der Waals surface area contributed by atoms with Crippen molar-refractivity contribution in [3.05, 3.63) is 124 Å². The molecule has 0 radical (unpaired) electrons. The molecule has 2 amide bonds. The summed E-state index contributed by atoms with van der Waals surface area (Å²) in [6, 6.07) is 27.3. The third kappa shape index (κ3) is 6.42. The molecule has 4 rings (SSSR count). The molecule has 4 aromatic rings. The largest absolute Gasteiger partial charge is 0.356 e. The summed E-state index contributed by atoms with van der Waals surface area (Å²) in [7, 11) is 0. The molecule has 0 unspecified atom stereocenters. The fourth-order valence-corrected chi connectivity index (χ4v) is 3.67. The van der Waals surface area contributed by atoms with E-state index < -0.39 is 28.3 Å². The minimum Gasteiger partial charge on any atom is -0.276 e. The number of nitrogens with one attached hydrogen (secondary N) is 4. The van der Waals surface area contributed by atoms with Crippen molar-refractivity contribution in [2.24, 2.45) is 0 Å². The quantitative estimate of drug-likeness (QED) is 0.192. The van der Waals surface area contributed by atoms with E-state index in [1.807, 2.05) is 66.7 Å². The van der Waals surface area contributed by atoms with Crippen molar-refractivity contribution >= 4 is 29.1 Å². The molecule has 0 saturated carbocycles. The van der Waals surface area contributed by atoms with Gasteiger partial charge >= 0.3 is 5.69 Å². The van der Waals surface area contributed by atoms with Crippen LogP contribution in [0.5, 0.6) is 0 Å². The molecular formula is C26H23N7O4. The van der Waals surface area contributed by atoms with E-state index in [1.54, 1.807) is 24.3 Å². The fourth-order valence-electron chi connectivity index (χ4n) is 3.67. The Kier molecular flexibility index (Phi) is 7.97. The SMILES string of the molecule is O=C(Cc1ccccc1)NNc1ncnc(NNC(=O)C(c2ccccc2)c2ccccc2)c1[N+](=O)[O-]. The predicted octanol–water partition coefficient (Wildman–Crippen LogP) is 3.35. The lowest BCUT2D eigenvalue weighted by Crippen LogP contribution is -2.35. The van der Waals surface area contributed by atoms with Crippen molar-refractivity contribution in [1.29, 1.82) is 0 Å². The van der Waals surface area contributed by atoms with E-state index in [0.29, 0.717) is 0 Å². The number of amides is 2. The maximum Gasteiger partial charge on any atom is 0.356 e. The van der Waals surface area contributed by atoms with Crippen LogP contribution in [-0.4, -0.2) is 26.7 Å². The van der Waals surface area contributed by atoms with E-state index in [-0.39, 0.29) is 18.1 Å². The highest BCUT2D eigenvalue weighted by Crippen LogP contribution is 2.29. The van der Waals surface area contributed by atoms with Gasteiger partial charge in [0, 0.05) is 0 Å². The third-order valence-corrected chi connectivity index (χ3v) is 5.36. The Hall–Kier alpha value is -5.32. The second kappa shape index (κ2) is 11.9. The van der Waals surface area contributed by atoms with Crippen LogP contribution in [0.25, 0.3) is 0 Å². The topological polar surface area (TPSA) is 151 Å². The monoisotopic (exact) mass is 497 g/mol. The summed E-state index contributed by atoms with van der Waals surface area (Å²) >= 11 is 0. The smallest absolute Gasteiger partial charge is 0.276 e. The van der Waals surface area contributed by atoms with Gasteiger partial charge in [0.1, 0.15) is 6.33 Å². The summed E-state index contributed by atoms with van der Waals surface area (Å²) in [6.07, 6.45) is 1.13. The van der Waals surface area contributed by atoms with Crippen molar-refractivity contribution in [3.63, 3.8) is 0 Å². The maximum atomic E-state index is 13.2. The van der Waals surface area contributed by atoms with E-state index in [4.69, 9.17) is 0 Å². The lowest BCUT2D eigenvalue weighted by molar-refractivity contribution is -0.383. The first-order chi connectivity index (χ1) is 18.0. The van der Waals surface area contributed by atoms with E-state index in [1.165, 1.54) is 0 Å². The summed E-state index contributed by atoms with van der Waals surface area (Å²) in [5, 5.41) is 11.8. The van der Waals surface area contributed by atoms with Gasteiger partial charge in [-0.15, -0.1) is 0 Å². The Morgan fingerprint density at radius 1 is 0.757 bits per heavy atom. The third-order valence-electron chi connectivity index (χ3n) is 5.36. The van der Waals surface area contributed by atoms with E-state index in [0.717, 1.165) is 23.0 Å². The van der Waals surface area contributed by atoms with Gasteiger partial charge in [0.05, 0.1) is 17.3 Å². The van der Waals surface area contributed by atoms with Gasteiger partial charge in [-0.05, 0) is 16.7 Å². The molecule has 0 aliphatic heterocycles. The summed E-state index contributed by atoms with van der Waals surface area (Å²) < 4.78 is 0. The number of hydrazine groups is 2. The molecule has 1 aromatic heterocycles. The Bertz CT molecular complexity index is 1330. The van der Waals surface area contributed by atoms with Crippen molar-refractivity contribution in [2.45, 2.75) is 12.3 Å². The number of rotatable bonds is 10. The number of carbonyl (C=O) groups excluding carboxylic acids is 2. The van der Waals surface area contributed by atoms with Crippen molar-refractivity contribution in [1.82, 2.24) is 20.8 Å². The van der Waals surface area contributed by atoms with Crippen LogP contribution in [0.1, 0.15) is 22.6 Å². The summed E-state index contributed by atoms with van der Waals surface area (Å²) in [6.45, 7) is 0. The second-order valence-corrected chi connectivity index (χ2v) is 7.88. The number of aromatic nitrogens is 2. The van der Waals surface area contributed by atoms with Gasteiger partial charge in [0.25, 0.3) is 0 Å². The zero-order valence-electron chi connectivity index (χ0n) is 19.5. The number of benzene rings is 3. The first-order valence-electron chi connectivity index (χ1n) is 11.3. The zero-order chi connectivity index (χ0) is 26.0. The molecule has 0 aliphatic rings. The molecule has 0 saturated heterocycles. The van der Waals surface area contributed by atoms with E-state index in [9.17, 15) is 19.7 Å². The molecule has 0 spiro atoms. The maximum absolute atomic E-state index is 13.2. The highest BCUT2D eigenvalue weighted by molar-refractivity contribution is 5.88. The Balaban J connectivity index is 1.48. The normalized spacial score (nSPS) is 10.4. The van der Waals surface area contributed by atoms with Crippen LogP contribution in [0.2, 0.25) is 0 Å². The van der Waals surface area contributed by atoms with Crippen molar-refractivity contribution in [2.75, 3.05) is 10.9 Å². The molecule has 0 atom stereocenters. The Labute approximate surface area is 212 Å². The van der Waals surface area contributed by atoms with Gasteiger partial charge in [0.2, 0.25) is 23.5 Å². The Morgan fingerprint density at radius 3 is 1.76 bits per heavy atom. The minimum absolute atomic E-state index is 0.0637. The molecular weight excluding hydrogens is 474 g/mol. The number of anilines is 2. The average Bonchev–Trinajstić information content (AvgIpc) is 2.92. The van der Waals surface area contributed by atoms with Gasteiger partial charge in [-0.2, -0.15) is 0 Å². The van der Waals surface area contributed by atoms with E-state index >= 15 is 0 Å². The molecule has 4 N–H and O–H groups in total. The molecule has 11 nitrogen and oxygen atoms in total. The van der Waals surface area contributed by atoms with Crippen LogP contribution in [0, 0.1) is 10.1 Å². The van der Waals surface area contributed by atoms with E-state index in [2.05, 4.69) is 31.7 Å². The van der Waals surface area contributed by atoms with Crippen LogP contribution in [-0.2, 0) is 16.0 Å². The predicted molar refractivity (Wildman–Crippen MR) is 137 cm³/mol. The summed E-state index contributed by atoms with van der Waals surface area (Å²) in [5.41, 5.74) is 11.6. The number of nitrogens with zero attached hydrogens (tertiary/aromatic N) is 3. The van der Waals surface area contributed by atoms with Crippen LogP contribution < -0.4 is 21.7 Å². The molecule has 11 heteroatoms. The fraction of sp³-hybridized carbons (Fsp3) is 0.0769. The summed E-state index contributed by atoms with van der Waals surface area (Å²) in [4.78, 5) is 44.3. The standard InChI is InChI=1S/C26H23N7O4/c34-21(16-18-10-4-1-5-11-18)29-30-24-23(33(36)37)25(28-17-27-24)31-32-26(35)22(19-12-6-2-7-13-19)20-14-8-3-9-15-20/h1-15,17,22H,16H2,(H,29,34)(H,32,35)(H2,27,28,30,31). The van der Waals surface area contributed by atoms with Gasteiger partial charge in [-0.3, -0.25) is 41.4 Å². The van der Waals surface area contributed by atoms with Gasteiger partial charge in [-0.1, -0.05) is 91.0 Å². The average molecular weight is 498 g/mol. The van der Waals surface area contributed by atoms with Crippen LogP contribution >= 0.6 is 0 Å². The van der Waals surface area contributed by atoms with Crippen LogP contribution in [0.4, 0.5) is 17.3 Å². The number of nitro groups is 1. The number of carbonyl (C=O) groups is 2. The highest BCUT2D eigenvalue weighted by Gasteiger charge is 2.26. The molecule has 0 aliphatic carbocycles. The Morgan fingerprint density at radius 2 is 1.24 bits per heavy atom.